The molecule has 0 aliphatic carbocycles. The van der Waals surface area contributed by atoms with Gasteiger partial charge in [-0.05, 0) is 30.7 Å². The molecule has 3 heteroatoms. The van der Waals surface area contributed by atoms with Crippen molar-refractivity contribution in [2.75, 3.05) is 5.32 Å². The van der Waals surface area contributed by atoms with E-state index in [9.17, 15) is 0 Å². The van der Waals surface area contributed by atoms with Crippen molar-refractivity contribution < 1.29 is 0 Å². The van der Waals surface area contributed by atoms with Crippen molar-refractivity contribution in [1.29, 1.82) is 0 Å². The first kappa shape index (κ1) is 10.8. The Balaban J connectivity index is 1.78. The molecule has 0 bridgehead atoms. The maximum absolute atomic E-state index is 4.39. The van der Waals surface area contributed by atoms with Crippen LogP contribution in [0, 0.1) is 6.92 Å². The first-order valence-electron chi connectivity index (χ1n) is 6.05. The normalized spacial score (nSPS) is 10.7. The number of imidazole rings is 1. The lowest BCUT2D eigenvalue weighted by Crippen LogP contribution is -1.98. The largest absolute Gasteiger partial charge is 0.381 e. The molecule has 0 fully saturated rings. The van der Waals surface area contributed by atoms with Crippen LogP contribution in [0.4, 0.5) is 5.69 Å². The maximum Gasteiger partial charge on any atom is 0.104 e. The number of hydrogen-bond acceptors (Lipinski definition) is 2. The summed E-state index contributed by atoms with van der Waals surface area (Å²) >= 11 is 0. The van der Waals surface area contributed by atoms with E-state index in [2.05, 4.69) is 51.7 Å². The average Bonchev–Trinajstić information content (AvgIpc) is 2.77. The second kappa shape index (κ2) is 4.53. The Labute approximate surface area is 106 Å². The van der Waals surface area contributed by atoms with E-state index in [4.69, 9.17) is 0 Å². The van der Waals surface area contributed by atoms with Crippen LogP contribution in [-0.2, 0) is 6.54 Å². The number of hydrogen-bond donors (Lipinski definition) is 2. The lowest BCUT2D eigenvalue weighted by Gasteiger charge is -2.06. The fraction of sp³-hybridized carbons (Fsp3) is 0.133. The number of H-pyrrole nitrogens is 1. The topological polar surface area (TPSA) is 40.7 Å². The summed E-state index contributed by atoms with van der Waals surface area (Å²) in [6, 6.07) is 16.6. The minimum atomic E-state index is 0.833. The molecule has 18 heavy (non-hydrogen) atoms. The van der Waals surface area contributed by atoms with Crippen LogP contribution in [-0.4, -0.2) is 9.97 Å². The minimum absolute atomic E-state index is 0.833. The quantitative estimate of drug-likeness (QED) is 0.732. The highest BCUT2D eigenvalue weighted by Crippen LogP contribution is 2.17. The summed E-state index contributed by atoms with van der Waals surface area (Å²) in [4.78, 5) is 7.64. The molecule has 0 unspecified atom stereocenters. The number of anilines is 1. The Kier molecular flexibility index (Phi) is 2.73. The number of nitrogens with zero attached hydrogens (tertiary/aromatic N) is 1. The van der Waals surface area contributed by atoms with Gasteiger partial charge in [-0.15, -0.1) is 0 Å². The van der Waals surface area contributed by atoms with E-state index in [1.165, 1.54) is 5.56 Å². The molecule has 3 rings (SSSR count). The van der Waals surface area contributed by atoms with E-state index >= 15 is 0 Å². The van der Waals surface area contributed by atoms with E-state index in [-0.39, 0.29) is 0 Å². The zero-order chi connectivity index (χ0) is 12.4. The zero-order valence-electron chi connectivity index (χ0n) is 10.3. The molecule has 0 aliphatic heterocycles. The first-order chi connectivity index (χ1) is 8.81. The molecule has 0 aliphatic rings. The molecule has 0 saturated carbocycles. The SMILES string of the molecule is Cc1nc2ccc(NCc3ccccc3)cc2[nH]1. The van der Waals surface area contributed by atoms with E-state index in [0.717, 1.165) is 29.1 Å². The average molecular weight is 237 g/mol. The van der Waals surface area contributed by atoms with E-state index < -0.39 is 0 Å². The van der Waals surface area contributed by atoms with Gasteiger partial charge in [-0.2, -0.15) is 0 Å². The summed E-state index contributed by atoms with van der Waals surface area (Å²) in [5, 5.41) is 3.41. The molecular weight excluding hydrogens is 222 g/mol. The summed E-state index contributed by atoms with van der Waals surface area (Å²) in [7, 11) is 0. The molecule has 2 aromatic carbocycles. The fourth-order valence-corrected chi connectivity index (χ4v) is 2.05. The second-order valence-corrected chi connectivity index (χ2v) is 4.39. The number of benzene rings is 2. The van der Waals surface area contributed by atoms with Crippen molar-refractivity contribution >= 4 is 16.7 Å². The van der Waals surface area contributed by atoms with Crippen molar-refractivity contribution in [3.05, 3.63) is 59.9 Å². The van der Waals surface area contributed by atoms with Gasteiger partial charge in [-0.3, -0.25) is 0 Å². The van der Waals surface area contributed by atoms with Crippen molar-refractivity contribution in [2.24, 2.45) is 0 Å². The maximum atomic E-state index is 4.39. The number of nitrogens with one attached hydrogen (secondary N) is 2. The van der Waals surface area contributed by atoms with Crippen LogP contribution in [0.1, 0.15) is 11.4 Å². The lowest BCUT2D eigenvalue weighted by molar-refractivity contribution is 1.15. The van der Waals surface area contributed by atoms with Gasteiger partial charge in [-0.25, -0.2) is 4.98 Å². The van der Waals surface area contributed by atoms with Crippen LogP contribution in [0.5, 0.6) is 0 Å². The van der Waals surface area contributed by atoms with Crippen molar-refractivity contribution in [3.63, 3.8) is 0 Å². The Morgan fingerprint density at radius 2 is 1.94 bits per heavy atom. The summed E-state index contributed by atoms with van der Waals surface area (Å²) in [5.41, 5.74) is 4.47. The van der Waals surface area contributed by atoms with Crippen LogP contribution in [0.25, 0.3) is 11.0 Å². The fourth-order valence-electron chi connectivity index (χ4n) is 2.05. The molecule has 0 spiro atoms. The van der Waals surface area contributed by atoms with Gasteiger partial charge in [0.25, 0.3) is 0 Å². The van der Waals surface area contributed by atoms with Gasteiger partial charge in [0.1, 0.15) is 5.82 Å². The molecule has 90 valence electrons. The summed E-state index contributed by atoms with van der Waals surface area (Å²) in [5.74, 6) is 0.949. The van der Waals surface area contributed by atoms with E-state index in [1.54, 1.807) is 0 Å². The van der Waals surface area contributed by atoms with Crippen LogP contribution in [0.3, 0.4) is 0 Å². The summed E-state index contributed by atoms with van der Waals surface area (Å²) in [6.07, 6.45) is 0. The molecule has 1 heterocycles. The van der Waals surface area contributed by atoms with Crippen LogP contribution >= 0.6 is 0 Å². The van der Waals surface area contributed by atoms with Gasteiger partial charge in [0.2, 0.25) is 0 Å². The Hall–Kier alpha value is -2.29. The van der Waals surface area contributed by atoms with Gasteiger partial charge in [0.15, 0.2) is 0 Å². The van der Waals surface area contributed by atoms with Crippen LogP contribution in [0.2, 0.25) is 0 Å². The van der Waals surface area contributed by atoms with Crippen molar-refractivity contribution in [2.45, 2.75) is 13.5 Å². The number of aryl methyl sites for hydroxylation is 1. The zero-order valence-corrected chi connectivity index (χ0v) is 10.3. The molecule has 0 amide bonds. The third-order valence-electron chi connectivity index (χ3n) is 2.94. The summed E-state index contributed by atoms with van der Waals surface area (Å²) in [6.45, 7) is 2.80. The molecule has 0 atom stereocenters. The van der Waals surface area contributed by atoms with Gasteiger partial charge < -0.3 is 10.3 Å². The number of aromatic nitrogens is 2. The molecular formula is C15H15N3. The predicted molar refractivity (Wildman–Crippen MR) is 74.6 cm³/mol. The molecule has 3 nitrogen and oxygen atoms in total. The highest BCUT2D eigenvalue weighted by atomic mass is 14.9. The third-order valence-corrected chi connectivity index (χ3v) is 2.94. The van der Waals surface area contributed by atoms with Crippen molar-refractivity contribution in [1.82, 2.24) is 9.97 Å². The van der Waals surface area contributed by atoms with E-state index in [0.29, 0.717) is 0 Å². The molecule has 3 aromatic rings. The summed E-state index contributed by atoms with van der Waals surface area (Å²) < 4.78 is 0. The van der Waals surface area contributed by atoms with Gasteiger partial charge in [-0.1, -0.05) is 30.3 Å². The highest BCUT2D eigenvalue weighted by molar-refractivity contribution is 5.79. The van der Waals surface area contributed by atoms with Gasteiger partial charge >= 0.3 is 0 Å². The number of fused-ring (bicyclic) bond motifs is 1. The van der Waals surface area contributed by atoms with Crippen LogP contribution < -0.4 is 5.32 Å². The third kappa shape index (κ3) is 2.20. The minimum Gasteiger partial charge on any atom is -0.381 e. The van der Waals surface area contributed by atoms with Crippen LogP contribution in [0.15, 0.2) is 48.5 Å². The molecule has 1 aromatic heterocycles. The monoisotopic (exact) mass is 237 g/mol. The molecule has 0 radical (unpaired) electrons. The number of rotatable bonds is 3. The number of aromatic amines is 1. The van der Waals surface area contributed by atoms with Crippen molar-refractivity contribution in [3.8, 4) is 0 Å². The molecule has 2 N–H and O–H groups in total. The first-order valence-corrected chi connectivity index (χ1v) is 6.05. The lowest BCUT2D eigenvalue weighted by atomic mass is 10.2. The highest BCUT2D eigenvalue weighted by Gasteiger charge is 2.00. The van der Waals surface area contributed by atoms with Gasteiger partial charge in [0, 0.05) is 12.2 Å². The standard InChI is InChI=1S/C15H15N3/c1-11-17-14-8-7-13(9-15(14)18-11)16-10-12-5-3-2-4-6-12/h2-9,16H,10H2,1H3,(H,17,18). The Morgan fingerprint density at radius 3 is 2.78 bits per heavy atom. The molecule has 0 saturated heterocycles. The van der Waals surface area contributed by atoms with Gasteiger partial charge in [0.05, 0.1) is 11.0 Å². The Bertz CT molecular complexity index is 656. The second-order valence-electron chi connectivity index (χ2n) is 4.39. The smallest absolute Gasteiger partial charge is 0.104 e. The predicted octanol–water partition coefficient (Wildman–Crippen LogP) is 3.48. The Morgan fingerprint density at radius 1 is 1.11 bits per heavy atom. The van der Waals surface area contributed by atoms with E-state index in [1.807, 2.05) is 19.1 Å².